The van der Waals surface area contributed by atoms with E-state index in [1.807, 2.05) is 49.4 Å². The zero-order valence-electron chi connectivity index (χ0n) is 18.0. The van der Waals surface area contributed by atoms with E-state index in [4.69, 9.17) is 4.74 Å². The number of hydrogen-bond donors (Lipinski definition) is 2. The SMILES string of the molecule is Cc1c(C(=O)Nc2ccc(N3C[C@@H](C)O[C@@H](C)C3)nc2)cccc1-c1ccc(O)cc1. The number of aromatic nitrogens is 1. The van der Waals surface area contributed by atoms with Crippen LogP contribution in [0.5, 0.6) is 5.75 Å². The lowest BCUT2D eigenvalue weighted by Crippen LogP contribution is -2.45. The van der Waals surface area contributed by atoms with Crippen LogP contribution in [0, 0.1) is 6.92 Å². The van der Waals surface area contributed by atoms with E-state index in [2.05, 4.69) is 29.0 Å². The van der Waals surface area contributed by atoms with Crippen LogP contribution in [-0.4, -0.2) is 41.3 Å². The van der Waals surface area contributed by atoms with E-state index in [1.165, 1.54) is 0 Å². The lowest BCUT2D eigenvalue weighted by molar-refractivity contribution is -0.00545. The van der Waals surface area contributed by atoms with Gasteiger partial charge >= 0.3 is 0 Å². The highest BCUT2D eigenvalue weighted by atomic mass is 16.5. The second kappa shape index (κ2) is 8.78. The number of pyridine rings is 1. The van der Waals surface area contributed by atoms with Crippen molar-refractivity contribution < 1.29 is 14.6 Å². The zero-order valence-corrected chi connectivity index (χ0v) is 18.0. The molecule has 2 atom stereocenters. The summed E-state index contributed by atoms with van der Waals surface area (Å²) in [6.45, 7) is 7.65. The molecule has 160 valence electrons. The lowest BCUT2D eigenvalue weighted by Gasteiger charge is -2.36. The molecule has 31 heavy (non-hydrogen) atoms. The maximum Gasteiger partial charge on any atom is 0.255 e. The molecule has 1 saturated heterocycles. The molecule has 0 aliphatic carbocycles. The van der Waals surface area contributed by atoms with Crippen molar-refractivity contribution in [2.24, 2.45) is 0 Å². The van der Waals surface area contributed by atoms with Gasteiger partial charge in [0, 0.05) is 18.7 Å². The molecule has 0 radical (unpaired) electrons. The lowest BCUT2D eigenvalue weighted by atomic mass is 9.96. The van der Waals surface area contributed by atoms with E-state index in [9.17, 15) is 9.90 Å². The molecule has 1 aliphatic rings. The van der Waals surface area contributed by atoms with Crippen LogP contribution in [0.25, 0.3) is 11.1 Å². The first-order valence-corrected chi connectivity index (χ1v) is 10.5. The van der Waals surface area contributed by atoms with Crippen molar-refractivity contribution in [2.45, 2.75) is 33.0 Å². The summed E-state index contributed by atoms with van der Waals surface area (Å²) in [6, 6.07) is 16.4. The highest BCUT2D eigenvalue weighted by molar-refractivity contribution is 6.06. The Morgan fingerprint density at radius 1 is 1.06 bits per heavy atom. The number of nitrogens with zero attached hydrogens (tertiary/aromatic N) is 2. The number of rotatable bonds is 4. The summed E-state index contributed by atoms with van der Waals surface area (Å²) in [5, 5.41) is 12.5. The van der Waals surface area contributed by atoms with Crippen LogP contribution in [0.1, 0.15) is 29.8 Å². The molecule has 3 aromatic rings. The van der Waals surface area contributed by atoms with E-state index < -0.39 is 0 Å². The molecule has 1 fully saturated rings. The summed E-state index contributed by atoms with van der Waals surface area (Å²) in [5.41, 5.74) is 4.04. The van der Waals surface area contributed by atoms with Crippen molar-refractivity contribution in [3.8, 4) is 16.9 Å². The van der Waals surface area contributed by atoms with Crippen molar-refractivity contribution in [3.63, 3.8) is 0 Å². The molecule has 0 saturated carbocycles. The second-order valence-corrected chi connectivity index (χ2v) is 8.05. The normalized spacial score (nSPS) is 18.6. The number of phenolic OH excluding ortho intramolecular Hbond substituents is 1. The summed E-state index contributed by atoms with van der Waals surface area (Å²) >= 11 is 0. The Kier molecular flexibility index (Phi) is 5.91. The minimum Gasteiger partial charge on any atom is -0.508 e. The number of morpholine rings is 1. The van der Waals surface area contributed by atoms with Gasteiger partial charge in [0.15, 0.2) is 0 Å². The van der Waals surface area contributed by atoms with E-state index in [1.54, 1.807) is 18.3 Å². The Balaban J connectivity index is 1.50. The fourth-order valence-corrected chi connectivity index (χ4v) is 4.05. The smallest absolute Gasteiger partial charge is 0.255 e. The first-order chi connectivity index (χ1) is 14.9. The molecule has 1 aliphatic heterocycles. The molecule has 0 unspecified atom stereocenters. The summed E-state index contributed by atoms with van der Waals surface area (Å²) in [5.74, 6) is 0.916. The minimum atomic E-state index is -0.179. The second-order valence-electron chi connectivity index (χ2n) is 8.05. The maximum absolute atomic E-state index is 12.9. The Morgan fingerprint density at radius 2 is 1.77 bits per heavy atom. The van der Waals surface area contributed by atoms with Gasteiger partial charge in [-0.05, 0) is 67.8 Å². The van der Waals surface area contributed by atoms with Crippen LogP contribution < -0.4 is 10.2 Å². The molecule has 1 amide bonds. The third kappa shape index (κ3) is 4.70. The number of phenols is 1. The van der Waals surface area contributed by atoms with Crippen LogP contribution in [0.3, 0.4) is 0 Å². The molecular weight excluding hydrogens is 390 g/mol. The molecule has 0 spiro atoms. The number of hydrogen-bond acceptors (Lipinski definition) is 5. The van der Waals surface area contributed by atoms with E-state index in [-0.39, 0.29) is 23.9 Å². The number of benzene rings is 2. The molecule has 6 nitrogen and oxygen atoms in total. The number of ether oxygens (including phenoxy) is 1. The monoisotopic (exact) mass is 417 g/mol. The number of carbonyl (C=O) groups is 1. The Hall–Kier alpha value is -3.38. The van der Waals surface area contributed by atoms with Crippen LogP contribution in [0.15, 0.2) is 60.8 Å². The van der Waals surface area contributed by atoms with Gasteiger partial charge < -0.3 is 20.1 Å². The van der Waals surface area contributed by atoms with Gasteiger partial charge in [0.1, 0.15) is 11.6 Å². The summed E-state index contributed by atoms with van der Waals surface area (Å²) in [6.07, 6.45) is 2.01. The van der Waals surface area contributed by atoms with Gasteiger partial charge in [0.25, 0.3) is 5.91 Å². The Morgan fingerprint density at radius 3 is 2.42 bits per heavy atom. The van der Waals surface area contributed by atoms with Crippen LogP contribution in [0.4, 0.5) is 11.5 Å². The van der Waals surface area contributed by atoms with Gasteiger partial charge in [-0.3, -0.25) is 4.79 Å². The van der Waals surface area contributed by atoms with Crippen molar-refractivity contribution in [1.82, 2.24) is 4.98 Å². The van der Waals surface area contributed by atoms with Gasteiger partial charge in [0.2, 0.25) is 0 Å². The number of carbonyl (C=O) groups excluding carboxylic acids is 1. The summed E-state index contributed by atoms with van der Waals surface area (Å²) < 4.78 is 5.78. The largest absolute Gasteiger partial charge is 0.508 e. The molecule has 2 aromatic carbocycles. The third-order valence-electron chi connectivity index (χ3n) is 5.51. The molecule has 4 rings (SSSR count). The van der Waals surface area contributed by atoms with Gasteiger partial charge in [-0.15, -0.1) is 0 Å². The minimum absolute atomic E-state index is 0.161. The van der Waals surface area contributed by atoms with Gasteiger partial charge in [-0.2, -0.15) is 0 Å². The van der Waals surface area contributed by atoms with Crippen LogP contribution in [0.2, 0.25) is 0 Å². The molecule has 0 bridgehead atoms. The van der Waals surface area contributed by atoms with Crippen LogP contribution in [-0.2, 0) is 4.74 Å². The van der Waals surface area contributed by atoms with E-state index in [0.717, 1.165) is 35.6 Å². The number of nitrogens with one attached hydrogen (secondary N) is 1. The standard InChI is InChI=1S/C25H27N3O3/c1-16-14-28(15-17(2)31-16)24-12-9-20(13-26-24)27-25(30)23-6-4-5-22(18(23)3)19-7-10-21(29)11-8-19/h4-13,16-17,29H,14-15H2,1-3H3,(H,27,30)/t16-,17+. The number of amides is 1. The summed E-state index contributed by atoms with van der Waals surface area (Å²) in [4.78, 5) is 19.7. The third-order valence-corrected chi connectivity index (χ3v) is 5.51. The van der Waals surface area contributed by atoms with Gasteiger partial charge in [0.05, 0.1) is 24.1 Å². The van der Waals surface area contributed by atoms with Gasteiger partial charge in [-0.1, -0.05) is 24.3 Å². The van der Waals surface area contributed by atoms with E-state index >= 15 is 0 Å². The molecular formula is C25H27N3O3. The fourth-order valence-electron chi connectivity index (χ4n) is 4.05. The fraction of sp³-hybridized carbons (Fsp3) is 0.280. The van der Waals surface area contributed by atoms with Crippen molar-refractivity contribution in [1.29, 1.82) is 0 Å². The zero-order chi connectivity index (χ0) is 22.0. The number of anilines is 2. The Bertz CT molecular complexity index is 1050. The van der Waals surface area contributed by atoms with E-state index in [0.29, 0.717) is 11.3 Å². The van der Waals surface area contributed by atoms with Crippen LogP contribution >= 0.6 is 0 Å². The highest BCUT2D eigenvalue weighted by Gasteiger charge is 2.23. The first kappa shape index (κ1) is 20.9. The van der Waals surface area contributed by atoms with Crippen molar-refractivity contribution >= 4 is 17.4 Å². The summed E-state index contributed by atoms with van der Waals surface area (Å²) in [7, 11) is 0. The average molecular weight is 418 g/mol. The van der Waals surface area contributed by atoms with Gasteiger partial charge in [-0.25, -0.2) is 4.98 Å². The predicted molar refractivity (Wildman–Crippen MR) is 123 cm³/mol. The molecule has 2 N–H and O–H groups in total. The predicted octanol–water partition coefficient (Wildman–Crippen LogP) is 4.63. The topological polar surface area (TPSA) is 74.7 Å². The number of aromatic hydroxyl groups is 1. The maximum atomic E-state index is 12.9. The van der Waals surface area contributed by atoms with Crippen molar-refractivity contribution in [2.75, 3.05) is 23.3 Å². The molecule has 6 heteroatoms. The van der Waals surface area contributed by atoms with Crippen molar-refractivity contribution in [3.05, 3.63) is 71.9 Å². The highest BCUT2D eigenvalue weighted by Crippen LogP contribution is 2.28. The molecule has 2 heterocycles. The average Bonchev–Trinajstić information content (AvgIpc) is 2.74. The quantitative estimate of drug-likeness (QED) is 0.647. The first-order valence-electron chi connectivity index (χ1n) is 10.5. The molecule has 1 aromatic heterocycles. The Labute approximate surface area is 182 Å².